The summed E-state index contributed by atoms with van der Waals surface area (Å²) >= 11 is 0. The van der Waals surface area contributed by atoms with Crippen LogP contribution in [0.2, 0.25) is 0 Å². The van der Waals surface area contributed by atoms with Crippen molar-refractivity contribution >= 4 is 11.8 Å². The fourth-order valence-electron chi connectivity index (χ4n) is 1.71. The minimum Gasteiger partial charge on any atom is -0.404 e. The van der Waals surface area contributed by atoms with Gasteiger partial charge in [0.25, 0.3) is 0 Å². The van der Waals surface area contributed by atoms with Crippen molar-refractivity contribution in [2.45, 2.75) is 33.4 Å². The number of likely N-dealkylation sites (N-methyl/N-ethyl adjacent to an activating group) is 1. The molecule has 1 rings (SSSR count). The van der Waals surface area contributed by atoms with Crippen LogP contribution in [0.15, 0.2) is 16.5 Å². The van der Waals surface area contributed by atoms with Crippen LogP contribution in [0.25, 0.3) is 0 Å². The highest BCUT2D eigenvalue weighted by molar-refractivity contribution is 5.81. The Labute approximate surface area is 111 Å². The predicted octanol–water partition coefficient (Wildman–Crippen LogP) is 1.53. The maximum atomic E-state index is 12.0. The maximum absolute atomic E-state index is 12.0. The van der Waals surface area contributed by atoms with Crippen LogP contribution in [0.4, 0.5) is 5.88 Å². The second-order valence-corrected chi connectivity index (χ2v) is 4.11. The van der Waals surface area contributed by atoms with E-state index in [1.807, 2.05) is 13.8 Å². The summed E-state index contributed by atoms with van der Waals surface area (Å²) < 4.78 is 5.00. The Morgan fingerprint density at radius 1 is 1.47 bits per heavy atom. The number of rotatable bonds is 7. The van der Waals surface area contributed by atoms with Crippen molar-refractivity contribution in [3.8, 4) is 0 Å². The lowest BCUT2D eigenvalue weighted by Crippen LogP contribution is -2.44. The van der Waals surface area contributed by atoms with Crippen LogP contribution < -0.4 is 5.32 Å². The summed E-state index contributed by atoms with van der Waals surface area (Å²) in [6.07, 6.45) is 0. The largest absolute Gasteiger partial charge is 0.433 e. The molecule has 0 aromatic carbocycles. The predicted molar refractivity (Wildman–Crippen MR) is 69.6 cm³/mol. The molecular weight excluding hydrogens is 250 g/mol. The molecule has 7 nitrogen and oxygen atoms in total. The van der Waals surface area contributed by atoms with Gasteiger partial charge in [0.2, 0.25) is 5.91 Å². The first kappa shape index (κ1) is 15.2. The van der Waals surface area contributed by atoms with E-state index in [0.29, 0.717) is 18.8 Å². The number of nitro groups is 1. The van der Waals surface area contributed by atoms with Crippen LogP contribution in [0.1, 0.15) is 26.5 Å². The lowest BCUT2D eigenvalue weighted by Gasteiger charge is -2.23. The van der Waals surface area contributed by atoms with Gasteiger partial charge in [0.1, 0.15) is 10.7 Å². The van der Waals surface area contributed by atoms with Crippen molar-refractivity contribution in [2.75, 3.05) is 13.1 Å². The summed E-state index contributed by atoms with van der Waals surface area (Å²) in [5.41, 5.74) is 0. The molecule has 1 aromatic rings. The van der Waals surface area contributed by atoms with Crippen LogP contribution in [-0.4, -0.2) is 34.9 Å². The van der Waals surface area contributed by atoms with Gasteiger partial charge in [-0.05, 0) is 26.8 Å². The van der Waals surface area contributed by atoms with E-state index in [0.717, 1.165) is 0 Å². The Morgan fingerprint density at radius 3 is 2.58 bits per heavy atom. The molecule has 0 saturated carbocycles. The van der Waals surface area contributed by atoms with Crippen molar-refractivity contribution in [3.63, 3.8) is 0 Å². The summed E-state index contributed by atoms with van der Waals surface area (Å²) in [5, 5.41) is 13.5. The van der Waals surface area contributed by atoms with Gasteiger partial charge in [-0.2, -0.15) is 0 Å². The fraction of sp³-hybridized carbons (Fsp3) is 0.583. The molecular formula is C12H19N3O4. The molecule has 0 bridgehead atoms. The van der Waals surface area contributed by atoms with Gasteiger partial charge in [0.15, 0.2) is 0 Å². The molecule has 0 aliphatic heterocycles. The van der Waals surface area contributed by atoms with Crippen molar-refractivity contribution in [1.82, 2.24) is 10.2 Å². The number of furan rings is 1. The second-order valence-electron chi connectivity index (χ2n) is 4.11. The van der Waals surface area contributed by atoms with Crippen LogP contribution in [0, 0.1) is 10.1 Å². The molecule has 7 heteroatoms. The SMILES string of the molecule is CCN(CC)C(=O)C(C)NCc1ccc([N+](=O)[O-])o1. The van der Waals surface area contributed by atoms with Gasteiger partial charge < -0.3 is 9.32 Å². The summed E-state index contributed by atoms with van der Waals surface area (Å²) in [7, 11) is 0. The average molecular weight is 269 g/mol. The van der Waals surface area contributed by atoms with Gasteiger partial charge >= 0.3 is 5.88 Å². The molecule has 1 amide bonds. The van der Waals surface area contributed by atoms with Gasteiger partial charge in [-0.3, -0.25) is 20.2 Å². The maximum Gasteiger partial charge on any atom is 0.433 e. The Bertz CT molecular complexity index is 440. The molecule has 1 atom stereocenters. The highest BCUT2D eigenvalue weighted by Gasteiger charge is 2.18. The van der Waals surface area contributed by atoms with Crippen LogP contribution >= 0.6 is 0 Å². The molecule has 0 fully saturated rings. The Kier molecular flexibility index (Phi) is 5.50. The zero-order valence-electron chi connectivity index (χ0n) is 11.4. The second kappa shape index (κ2) is 6.89. The minimum atomic E-state index is -0.589. The lowest BCUT2D eigenvalue weighted by atomic mass is 10.2. The number of amides is 1. The zero-order chi connectivity index (χ0) is 14.4. The first-order chi connectivity index (χ1) is 8.99. The topological polar surface area (TPSA) is 88.6 Å². The van der Waals surface area contributed by atoms with E-state index in [4.69, 9.17) is 4.42 Å². The Hall–Kier alpha value is -1.89. The van der Waals surface area contributed by atoms with E-state index < -0.39 is 4.92 Å². The molecule has 1 unspecified atom stereocenters. The van der Waals surface area contributed by atoms with Crippen molar-refractivity contribution in [1.29, 1.82) is 0 Å². The van der Waals surface area contributed by atoms with Crippen LogP contribution in [0.3, 0.4) is 0 Å². The first-order valence-electron chi connectivity index (χ1n) is 6.24. The zero-order valence-corrected chi connectivity index (χ0v) is 11.4. The molecule has 0 saturated heterocycles. The van der Waals surface area contributed by atoms with Gasteiger partial charge in [0, 0.05) is 13.1 Å². The third kappa shape index (κ3) is 4.06. The van der Waals surface area contributed by atoms with Gasteiger partial charge in [-0.1, -0.05) is 0 Å². The number of carbonyl (C=O) groups is 1. The fourth-order valence-corrected chi connectivity index (χ4v) is 1.71. The highest BCUT2D eigenvalue weighted by Crippen LogP contribution is 2.15. The third-order valence-corrected chi connectivity index (χ3v) is 2.86. The van der Waals surface area contributed by atoms with E-state index in [-0.39, 0.29) is 24.4 Å². The molecule has 1 N–H and O–H groups in total. The molecule has 0 radical (unpaired) electrons. The molecule has 106 valence electrons. The normalized spacial score (nSPS) is 12.2. The van der Waals surface area contributed by atoms with Crippen LogP contribution in [-0.2, 0) is 11.3 Å². The van der Waals surface area contributed by atoms with E-state index in [9.17, 15) is 14.9 Å². The number of nitrogens with one attached hydrogen (secondary N) is 1. The van der Waals surface area contributed by atoms with E-state index in [2.05, 4.69) is 5.32 Å². The molecule has 19 heavy (non-hydrogen) atoms. The lowest BCUT2D eigenvalue weighted by molar-refractivity contribution is -0.402. The quantitative estimate of drug-likeness (QED) is 0.599. The minimum absolute atomic E-state index is 0.00561. The van der Waals surface area contributed by atoms with E-state index >= 15 is 0 Å². The molecule has 0 aliphatic rings. The Balaban J connectivity index is 2.51. The number of hydrogen-bond acceptors (Lipinski definition) is 5. The summed E-state index contributed by atoms with van der Waals surface area (Å²) in [6, 6.07) is 2.47. The van der Waals surface area contributed by atoms with Crippen molar-refractivity contribution in [3.05, 3.63) is 28.0 Å². The third-order valence-electron chi connectivity index (χ3n) is 2.86. The molecule has 1 heterocycles. The average Bonchev–Trinajstić information content (AvgIpc) is 2.86. The molecule has 0 spiro atoms. The smallest absolute Gasteiger partial charge is 0.404 e. The van der Waals surface area contributed by atoms with Crippen molar-refractivity contribution < 1.29 is 14.1 Å². The molecule has 0 aliphatic carbocycles. The monoisotopic (exact) mass is 269 g/mol. The first-order valence-corrected chi connectivity index (χ1v) is 6.24. The number of carbonyl (C=O) groups excluding carboxylic acids is 1. The highest BCUT2D eigenvalue weighted by atomic mass is 16.6. The van der Waals surface area contributed by atoms with Crippen molar-refractivity contribution in [2.24, 2.45) is 0 Å². The summed E-state index contributed by atoms with van der Waals surface area (Å²) in [6.45, 7) is 7.20. The van der Waals surface area contributed by atoms with E-state index in [1.54, 1.807) is 11.8 Å². The summed E-state index contributed by atoms with van der Waals surface area (Å²) in [4.78, 5) is 23.6. The van der Waals surface area contributed by atoms with Gasteiger partial charge in [0.05, 0.1) is 18.7 Å². The number of hydrogen-bond donors (Lipinski definition) is 1. The standard InChI is InChI=1S/C12H19N3O4/c1-4-14(5-2)12(16)9(3)13-8-10-6-7-11(19-10)15(17)18/h6-7,9,13H,4-5,8H2,1-3H3. The van der Waals surface area contributed by atoms with Gasteiger partial charge in [-0.15, -0.1) is 0 Å². The van der Waals surface area contributed by atoms with E-state index in [1.165, 1.54) is 12.1 Å². The van der Waals surface area contributed by atoms with Gasteiger partial charge in [-0.25, -0.2) is 0 Å². The molecule has 1 aromatic heterocycles. The summed E-state index contributed by atoms with van der Waals surface area (Å²) in [5.74, 6) is 0.150. The van der Waals surface area contributed by atoms with Crippen LogP contribution in [0.5, 0.6) is 0 Å². The Morgan fingerprint density at radius 2 is 2.11 bits per heavy atom. The number of nitrogens with zero attached hydrogens (tertiary/aromatic N) is 2.